The fourth-order valence-corrected chi connectivity index (χ4v) is 2.58. The van der Waals surface area contributed by atoms with Crippen LogP contribution in [0.15, 0.2) is 18.5 Å². The van der Waals surface area contributed by atoms with E-state index in [0.29, 0.717) is 0 Å². The highest BCUT2D eigenvalue weighted by molar-refractivity contribution is 5.44. The van der Waals surface area contributed by atoms with Crippen LogP contribution in [0.1, 0.15) is 24.2 Å². The van der Waals surface area contributed by atoms with Crippen molar-refractivity contribution in [2.24, 2.45) is 0 Å². The van der Waals surface area contributed by atoms with E-state index >= 15 is 0 Å². The zero-order valence-corrected chi connectivity index (χ0v) is 11.8. The van der Waals surface area contributed by atoms with Gasteiger partial charge in [0.1, 0.15) is 12.1 Å². The summed E-state index contributed by atoms with van der Waals surface area (Å²) in [6.07, 6.45) is 2.98. The van der Waals surface area contributed by atoms with E-state index in [9.17, 15) is 5.11 Å². The Bertz CT molecular complexity index is 601. The highest BCUT2D eigenvalue weighted by atomic mass is 16.3. The second-order valence-corrected chi connectivity index (χ2v) is 5.29. The van der Waals surface area contributed by atoms with Crippen LogP contribution in [0, 0.1) is 13.8 Å². The van der Waals surface area contributed by atoms with Crippen molar-refractivity contribution >= 4 is 5.82 Å². The first-order valence-electron chi connectivity index (χ1n) is 6.92. The van der Waals surface area contributed by atoms with Crippen LogP contribution < -0.4 is 4.90 Å². The summed E-state index contributed by atoms with van der Waals surface area (Å²) in [6, 6.07) is 3.98. The van der Waals surface area contributed by atoms with Crippen molar-refractivity contribution in [3.05, 3.63) is 29.8 Å². The van der Waals surface area contributed by atoms with Gasteiger partial charge in [0.25, 0.3) is 0 Å². The summed E-state index contributed by atoms with van der Waals surface area (Å²) in [6.45, 7) is 5.64. The molecule has 3 rings (SSSR count). The summed E-state index contributed by atoms with van der Waals surface area (Å²) in [5.41, 5.74) is 2.03. The molecule has 106 valence electrons. The maximum absolute atomic E-state index is 9.57. The standard InChI is InChI=1S/C14H19N5O/c1-10-7-11(2)19(17-10)14-8-13(15-9-16-14)18-5-3-12(20)4-6-18/h7-9,12,20H,3-6H2,1-2H3. The Morgan fingerprint density at radius 3 is 2.45 bits per heavy atom. The van der Waals surface area contributed by atoms with Crippen LogP contribution in [0.4, 0.5) is 5.82 Å². The Kier molecular flexibility index (Phi) is 3.40. The molecule has 0 aromatic carbocycles. The molecule has 2 aromatic heterocycles. The summed E-state index contributed by atoms with van der Waals surface area (Å²) in [5, 5.41) is 14.0. The Balaban J connectivity index is 1.88. The van der Waals surface area contributed by atoms with Gasteiger partial charge in [-0.25, -0.2) is 14.6 Å². The zero-order valence-electron chi connectivity index (χ0n) is 11.8. The van der Waals surface area contributed by atoms with Gasteiger partial charge in [-0.1, -0.05) is 0 Å². The molecule has 0 unspecified atom stereocenters. The van der Waals surface area contributed by atoms with Crippen LogP contribution in [-0.2, 0) is 0 Å². The zero-order chi connectivity index (χ0) is 14.1. The number of nitrogens with zero attached hydrogens (tertiary/aromatic N) is 5. The van der Waals surface area contributed by atoms with Crippen LogP contribution >= 0.6 is 0 Å². The monoisotopic (exact) mass is 273 g/mol. The molecule has 0 amide bonds. The summed E-state index contributed by atoms with van der Waals surface area (Å²) in [7, 11) is 0. The Labute approximate surface area is 118 Å². The number of hydrogen-bond donors (Lipinski definition) is 1. The highest BCUT2D eigenvalue weighted by Gasteiger charge is 2.19. The highest BCUT2D eigenvalue weighted by Crippen LogP contribution is 2.19. The number of piperidine rings is 1. The van der Waals surface area contributed by atoms with Gasteiger partial charge in [-0.3, -0.25) is 0 Å². The van der Waals surface area contributed by atoms with Gasteiger partial charge in [-0.2, -0.15) is 5.10 Å². The van der Waals surface area contributed by atoms with Crippen molar-refractivity contribution in [1.82, 2.24) is 19.7 Å². The largest absolute Gasteiger partial charge is 0.393 e. The molecule has 0 bridgehead atoms. The van der Waals surface area contributed by atoms with Gasteiger partial charge in [-0.05, 0) is 32.8 Å². The minimum absolute atomic E-state index is 0.177. The van der Waals surface area contributed by atoms with Gasteiger partial charge in [0.05, 0.1) is 11.8 Å². The van der Waals surface area contributed by atoms with Gasteiger partial charge in [0, 0.05) is 24.8 Å². The van der Waals surface area contributed by atoms with Crippen LogP contribution in [-0.4, -0.2) is 44.0 Å². The molecule has 1 N–H and O–H groups in total. The van der Waals surface area contributed by atoms with Crippen LogP contribution in [0.25, 0.3) is 5.82 Å². The van der Waals surface area contributed by atoms with Gasteiger partial charge in [0.2, 0.25) is 0 Å². The second kappa shape index (κ2) is 5.20. The number of aryl methyl sites for hydroxylation is 2. The van der Waals surface area contributed by atoms with Crippen molar-refractivity contribution in [2.45, 2.75) is 32.8 Å². The fraction of sp³-hybridized carbons (Fsp3) is 0.500. The molecule has 1 aliphatic rings. The van der Waals surface area contributed by atoms with Crippen molar-refractivity contribution in [1.29, 1.82) is 0 Å². The SMILES string of the molecule is Cc1cc(C)n(-c2cc(N3CCC(O)CC3)ncn2)n1. The topological polar surface area (TPSA) is 67.1 Å². The van der Waals surface area contributed by atoms with Gasteiger partial charge in [-0.15, -0.1) is 0 Å². The van der Waals surface area contributed by atoms with E-state index in [1.165, 1.54) is 0 Å². The third kappa shape index (κ3) is 2.51. The lowest BCUT2D eigenvalue weighted by Crippen LogP contribution is -2.36. The maximum atomic E-state index is 9.57. The van der Waals surface area contributed by atoms with E-state index in [1.54, 1.807) is 6.33 Å². The average molecular weight is 273 g/mol. The molecule has 1 fully saturated rings. The molecule has 0 aliphatic carbocycles. The average Bonchev–Trinajstić information content (AvgIpc) is 2.79. The molecule has 3 heterocycles. The minimum atomic E-state index is -0.177. The van der Waals surface area contributed by atoms with E-state index in [2.05, 4.69) is 20.0 Å². The minimum Gasteiger partial charge on any atom is -0.393 e. The van der Waals surface area contributed by atoms with E-state index in [-0.39, 0.29) is 6.10 Å². The van der Waals surface area contributed by atoms with E-state index < -0.39 is 0 Å². The third-order valence-corrected chi connectivity index (χ3v) is 3.65. The van der Waals surface area contributed by atoms with Crippen molar-refractivity contribution in [3.63, 3.8) is 0 Å². The Morgan fingerprint density at radius 1 is 1.10 bits per heavy atom. The molecule has 2 aromatic rings. The van der Waals surface area contributed by atoms with Gasteiger partial charge >= 0.3 is 0 Å². The lowest BCUT2D eigenvalue weighted by atomic mass is 10.1. The summed E-state index contributed by atoms with van der Waals surface area (Å²) >= 11 is 0. The van der Waals surface area contributed by atoms with Crippen molar-refractivity contribution in [3.8, 4) is 5.82 Å². The van der Waals surface area contributed by atoms with Crippen LogP contribution in [0.3, 0.4) is 0 Å². The number of aliphatic hydroxyl groups is 1. The first-order chi connectivity index (χ1) is 9.63. The molecule has 0 saturated carbocycles. The summed E-state index contributed by atoms with van der Waals surface area (Å²) in [4.78, 5) is 10.8. The number of aliphatic hydroxyl groups excluding tert-OH is 1. The quantitative estimate of drug-likeness (QED) is 0.891. The lowest BCUT2D eigenvalue weighted by molar-refractivity contribution is 0.145. The number of anilines is 1. The molecular formula is C14H19N5O. The summed E-state index contributed by atoms with van der Waals surface area (Å²) < 4.78 is 1.83. The molecule has 6 heteroatoms. The fourth-order valence-electron chi connectivity index (χ4n) is 2.58. The smallest absolute Gasteiger partial charge is 0.159 e. The first kappa shape index (κ1) is 13.1. The normalized spacial score (nSPS) is 16.6. The van der Waals surface area contributed by atoms with Crippen LogP contribution in [0.5, 0.6) is 0 Å². The van der Waals surface area contributed by atoms with Gasteiger partial charge < -0.3 is 10.0 Å². The second-order valence-electron chi connectivity index (χ2n) is 5.29. The number of rotatable bonds is 2. The van der Waals surface area contributed by atoms with E-state index in [1.807, 2.05) is 30.7 Å². The molecule has 1 aliphatic heterocycles. The maximum Gasteiger partial charge on any atom is 0.159 e. The van der Waals surface area contributed by atoms with E-state index in [0.717, 1.165) is 49.0 Å². The predicted molar refractivity (Wildman–Crippen MR) is 76.1 cm³/mol. The first-order valence-corrected chi connectivity index (χ1v) is 6.92. The molecule has 0 spiro atoms. The van der Waals surface area contributed by atoms with Crippen molar-refractivity contribution in [2.75, 3.05) is 18.0 Å². The molecular weight excluding hydrogens is 254 g/mol. The van der Waals surface area contributed by atoms with Crippen LogP contribution in [0.2, 0.25) is 0 Å². The molecule has 0 atom stereocenters. The number of hydrogen-bond acceptors (Lipinski definition) is 5. The molecule has 1 saturated heterocycles. The predicted octanol–water partition coefficient (Wildman–Crippen LogP) is 1.24. The van der Waals surface area contributed by atoms with E-state index in [4.69, 9.17) is 0 Å². The molecule has 20 heavy (non-hydrogen) atoms. The third-order valence-electron chi connectivity index (χ3n) is 3.65. The van der Waals surface area contributed by atoms with Gasteiger partial charge in [0.15, 0.2) is 5.82 Å². The van der Waals surface area contributed by atoms with Crippen molar-refractivity contribution < 1.29 is 5.11 Å². The Morgan fingerprint density at radius 2 is 1.80 bits per heavy atom. The number of aromatic nitrogens is 4. The lowest BCUT2D eigenvalue weighted by Gasteiger charge is -2.30. The summed E-state index contributed by atoms with van der Waals surface area (Å²) in [5.74, 6) is 1.68. The molecule has 0 radical (unpaired) electrons. The molecule has 6 nitrogen and oxygen atoms in total. The Hall–Kier alpha value is -1.95.